The Balaban J connectivity index is 1.64. The molecule has 7 heteroatoms. The summed E-state index contributed by atoms with van der Waals surface area (Å²) in [6.45, 7) is 0.323. The van der Waals surface area contributed by atoms with Gasteiger partial charge in [0.15, 0.2) is 0 Å². The van der Waals surface area contributed by atoms with Gasteiger partial charge in [-0.25, -0.2) is 4.98 Å². The Bertz CT molecular complexity index is 834. The number of benzene rings is 1. The van der Waals surface area contributed by atoms with Crippen LogP contribution in [0.1, 0.15) is 16.1 Å². The van der Waals surface area contributed by atoms with E-state index in [-0.39, 0.29) is 5.91 Å². The van der Waals surface area contributed by atoms with Crippen LogP contribution >= 0.6 is 23.2 Å². The van der Waals surface area contributed by atoms with Crippen molar-refractivity contribution >= 4 is 40.6 Å². The van der Waals surface area contributed by atoms with Gasteiger partial charge in [-0.15, -0.1) is 0 Å². The first kappa shape index (κ1) is 16.4. The lowest BCUT2D eigenvalue weighted by Gasteiger charge is -2.09. The molecule has 0 aliphatic heterocycles. The molecule has 1 amide bonds. The van der Waals surface area contributed by atoms with Crippen LogP contribution in [0.5, 0.6) is 0 Å². The van der Waals surface area contributed by atoms with Gasteiger partial charge in [0, 0.05) is 11.2 Å². The fraction of sp³-hybridized carbons (Fsp3) is 0.0588. The largest absolute Gasteiger partial charge is 0.467 e. The van der Waals surface area contributed by atoms with Crippen LogP contribution in [0.4, 0.5) is 11.5 Å². The molecule has 2 N–H and O–H groups in total. The number of nitrogens with zero attached hydrogens (tertiary/aromatic N) is 1. The molecule has 0 radical (unpaired) electrons. The van der Waals surface area contributed by atoms with Crippen LogP contribution in [0.25, 0.3) is 0 Å². The fourth-order valence-electron chi connectivity index (χ4n) is 2.02. The van der Waals surface area contributed by atoms with E-state index in [1.54, 1.807) is 48.7 Å². The number of nitrogens with one attached hydrogen (secondary N) is 2. The third kappa shape index (κ3) is 4.07. The molecular formula is C17H13Cl2N3O2. The van der Waals surface area contributed by atoms with Crippen LogP contribution in [0, 0.1) is 0 Å². The van der Waals surface area contributed by atoms with E-state index in [1.807, 2.05) is 0 Å². The van der Waals surface area contributed by atoms with Crippen molar-refractivity contribution in [1.29, 1.82) is 0 Å². The summed E-state index contributed by atoms with van der Waals surface area (Å²) < 4.78 is 5.16. The number of furan rings is 1. The van der Waals surface area contributed by atoms with Crippen LogP contribution in [0.15, 0.2) is 59.3 Å². The van der Waals surface area contributed by atoms with Gasteiger partial charge in [0.1, 0.15) is 11.6 Å². The zero-order chi connectivity index (χ0) is 16.9. The summed E-state index contributed by atoms with van der Waals surface area (Å²) in [5.74, 6) is 1.01. The van der Waals surface area contributed by atoms with Gasteiger partial charge in [0.05, 0.1) is 29.1 Å². The molecule has 0 fully saturated rings. The highest BCUT2D eigenvalue weighted by molar-refractivity contribution is 6.35. The predicted molar refractivity (Wildman–Crippen MR) is 93.9 cm³/mol. The molecule has 0 saturated carbocycles. The highest BCUT2D eigenvalue weighted by atomic mass is 35.5. The Labute approximate surface area is 148 Å². The normalized spacial score (nSPS) is 10.4. The van der Waals surface area contributed by atoms with E-state index in [2.05, 4.69) is 15.6 Å². The summed E-state index contributed by atoms with van der Waals surface area (Å²) in [7, 11) is 0. The van der Waals surface area contributed by atoms with E-state index < -0.39 is 0 Å². The number of hydrogen-bond acceptors (Lipinski definition) is 4. The van der Waals surface area contributed by atoms with Gasteiger partial charge in [-0.1, -0.05) is 23.2 Å². The first-order valence-corrected chi connectivity index (χ1v) is 7.86. The van der Waals surface area contributed by atoms with Gasteiger partial charge in [-0.2, -0.15) is 0 Å². The minimum absolute atomic E-state index is 0.230. The molecule has 0 bridgehead atoms. The molecule has 0 unspecified atom stereocenters. The van der Waals surface area contributed by atoms with Gasteiger partial charge in [-0.05, 0) is 42.5 Å². The van der Waals surface area contributed by atoms with Crippen LogP contribution < -0.4 is 10.6 Å². The molecule has 3 rings (SSSR count). The average molecular weight is 362 g/mol. The van der Waals surface area contributed by atoms with E-state index >= 15 is 0 Å². The third-order valence-corrected chi connectivity index (χ3v) is 3.78. The zero-order valence-corrected chi connectivity index (χ0v) is 13.9. The van der Waals surface area contributed by atoms with Crippen LogP contribution in [-0.4, -0.2) is 10.9 Å². The van der Waals surface area contributed by atoms with E-state index in [0.717, 1.165) is 0 Å². The molecule has 0 aliphatic rings. The number of rotatable bonds is 5. The number of aromatic nitrogens is 1. The summed E-state index contributed by atoms with van der Waals surface area (Å²) in [5.41, 5.74) is 1.09. The molecule has 3 aromatic rings. The highest BCUT2D eigenvalue weighted by Gasteiger charge is 2.08. The Morgan fingerprint density at radius 3 is 2.75 bits per heavy atom. The second kappa shape index (κ2) is 7.38. The lowest BCUT2D eigenvalue weighted by molar-refractivity contribution is 0.0947. The summed E-state index contributed by atoms with van der Waals surface area (Å²) in [6.07, 6.45) is 3.04. The van der Waals surface area contributed by atoms with Crippen LogP contribution in [0.2, 0.25) is 10.0 Å². The minimum atomic E-state index is -0.230. The Morgan fingerprint density at radius 2 is 2.04 bits per heavy atom. The van der Waals surface area contributed by atoms with Crippen molar-refractivity contribution in [3.8, 4) is 0 Å². The first-order chi connectivity index (χ1) is 11.6. The Kier molecular flexibility index (Phi) is 5.03. The molecule has 2 aromatic heterocycles. The summed E-state index contributed by atoms with van der Waals surface area (Å²) in [4.78, 5) is 16.3. The van der Waals surface area contributed by atoms with Crippen LogP contribution in [0.3, 0.4) is 0 Å². The number of pyridine rings is 1. The van der Waals surface area contributed by atoms with E-state index in [9.17, 15) is 4.79 Å². The topological polar surface area (TPSA) is 67.2 Å². The maximum absolute atomic E-state index is 12.1. The fourth-order valence-corrected chi connectivity index (χ4v) is 2.35. The van der Waals surface area contributed by atoms with Crippen molar-refractivity contribution in [2.45, 2.75) is 6.54 Å². The highest BCUT2D eigenvalue weighted by Crippen LogP contribution is 2.27. The summed E-state index contributed by atoms with van der Waals surface area (Å²) in [5, 5.41) is 6.91. The molecule has 0 atom stereocenters. The van der Waals surface area contributed by atoms with Crippen LogP contribution in [-0.2, 0) is 6.54 Å². The maximum atomic E-state index is 12.1. The van der Waals surface area contributed by atoms with Gasteiger partial charge in [0.25, 0.3) is 5.91 Å². The number of hydrogen-bond donors (Lipinski definition) is 2. The second-order valence-electron chi connectivity index (χ2n) is 4.94. The van der Waals surface area contributed by atoms with E-state index in [1.165, 1.54) is 6.20 Å². The molecule has 1 aromatic carbocycles. The average Bonchev–Trinajstić information content (AvgIpc) is 3.10. The molecule has 122 valence electrons. The molecule has 2 heterocycles. The predicted octanol–water partition coefficient (Wildman–Crippen LogP) is 4.66. The third-order valence-electron chi connectivity index (χ3n) is 3.22. The SMILES string of the molecule is O=C(NCc1ccco1)c1ccc(Nc2cc(Cl)ccc2Cl)nc1. The smallest absolute Gasteiger partial charge is 0.253 e. The van der Waals surface area contributed by atoms with Crippen molar-refractivity contribution in [3.05, 3.63) is 76.3 Å². The lowest BCUT2D eigenvalue weighted by atomic mass is 10.2. The number of halogens is 2. The van der Waals surface area contributed by atoms with Gasteiger partial charge in [0.2, 0.25) is 0 Å². The van der Waals surface area contributed by atoms with Crippen molar-refractivity contribution in [3.63, 3.8) is 0 Å². The second-order valence-corrected chi connectivity index (χ2v) is 5.79. The van der Waals surface area contributed by atoms with Gasteiger partial charge >= 0.3 is 0 Å². The standard InChI is InChI=1S/C17H13Cl2N3O2/c18-12-4-5-14(19)15(8-12)22-16-6-3-11(9-20-16)17(23)21-10-13-2-1-7-24-13/h1-9H,10H2,(H,20,22)(H,21,23). The minimum Gasteiger partial charge on any atom is -0.467 e. The molecule has 24 heavy (non-hydrogen) atoms. The zero-order valence-electron chi connectivity index (χ0n) is 12.4. The molecule has 0 spiro atoms. The quantitative estimate of drug-likeness (QED) is 0.693. The maximum Gasteiger partial charge on any atom is 0.253 e. The molecule has 0 saturated heterocycles. The summed E-state index contributed by atoms with van der Waals surface area (Å²) in [6, 6.07) is 12.0. The summed E-state index contributed by atoms with van der Waals surface area (Å²) >= 11 is 12.0. The van der Waals surface area contributed by atoms with Gasteiger partial charge < -0.3 is 15.1 Å². The van der Waals surface area contributed by atoms with Crippen molar-refractivity contribution in [2.75, 3.05) is 5.32 Å². The number of amides is 1. The monoisotopic (exact) mass is 361 g/mol. The van der Waals surface area contributed by atoms with Crippen molar-refractivity contribution in [2.24, 2.45) is 0 Å². The van der Waals surface area contributed by atoms with Gasteiger partial charge in [-0.3, -0.25) is 4.79 Å². The molecule has 0 aliphatic carbocycles. The number of carbonyl (C=O) groups is 1. The Morgan fingerprint density at radius 1 is 1.17 bits per heavy atom. The number of carbonyl (C=O) groups excluding carboxylic acids is 1. The molecular weight excluding hydrogens is 349 g/mol. The van der Waals surface area contributed by atoms with Crippen molar-refractivity contribution < 1.29 is 9.21 Å². The van der Waals surface area contributed by atoms with E-state index in [0.29, 0.717) is 39.4 Å². The lowest BCUT2D eigenvalue weighted by Crippen LogP contribution is -2.22. The Hall–Kier alpha value is -2.50. The first-order valence-electron chi connectivity index (χ1n) is 7.10. The van der Waals surface area contributed by atoms with Crippen molar-refractivity contribution in [1.82, 2.24) is 10.3 Å². The number of anilines is 2. The molecule has 5 nitrogen and oxygen atoms in total. The van der Waals surface area contributed by atoms with E-state index in [4.69, 9.17) is 27.6 Å².